The second-order valence-electron chi connectivity index (χ2n) is 6.05. The van der Waals surface area contributed by atoms with E-state index in [-0.39, 0.29) is 16.6 Å². The molecule has 2 aromatic carbocycles. The fourth-order valence-electron chi connectivity index (χ4n) is 2.87. The summed E-state index contributed by atoms with van der Waals surface area (Å²) in [4.78, 5) is 29.0. The number of thiocarbonyl (C=S) groups is 1. The molecule has 0 radical (unpaired) electrons. The Bertz CT molecular complexity index is 891. The average Bonchev–Trinajstić information content (AvgIpc) is 2.70. The molecular formula is C21H20N2O3S. The van der Waals surface area contributed by atoms with Crippen molar-refractivity contribution in [3.05, 3.63) is 65.7 Å². The molecule has 0 bridgehead atoms. The van der Waals surface area contributed by atoms with Gasteiger partial charge in [0.25, 0.3) is 11.8 Å². The van der Waals surface area contributed by atoms with E-state index in [2.05, 4.69) is 0 Å². The Balaban J connectivity index is 2.05. The smallest absolute Gasteiger partial charge is 0.270 e. The van der Waals surface area contributed by atoms with Crippen LogP contribution in [0.25, 0.3) is 6.08 Å². The van der Waals surface area contributed by atoms with Gasteiger partial charge in [0.2, 0.25) is 0 Å². The predicted molar refractivity (Wildman–Crippen MR) is 110 cm³/mol. The van der Waals surface area contributed by atoms with Crippen LogP contribution in [-0.2, 0) is 9.59 Å². The van der Waals surface area contributed by atoms with Crippen LogP contribution in [0, 0.1) is 0 Å². The van der Waals surface area contributed by atoms with Crippen LogP contribution < -0.4 is 9.64 Å². The lowest BCUT2D eigenvalue weighted by molar-refractivity contribution is -0.127. The molecule has 3 rings (SSSR count). The van der Waals surface area contributed by atoms with Crippen LogP contribution in [0.3, 0.4) is 0 Å². The van der Waals surface area contributed by atoms with Crippen LogP contribution in [0.5, 0.6) is 5.75 Å². The number of benzene rings is 2. The molecule has 0 N–H and O–H groups in total. The van der Waals surface area contributed by atoms with E-state index in [1.807, 2.05) is 25.1 Å². The monoisotopic (exact) mass is 380 g/mol. The van der Waals surface area contributed by atoms with Crippen LogP contribution in [0.15, 0.2) is 60.2 Å². The van der Waals surface area contributed by atoms with Crippen LogP contribution in [0.2, 0.25) is 0 Å². The topological polar surface area (TPSA) is 49.9 Å². The summed E-state index contributed by atoms with van der Waals surface area (Å²) < 4.78 is 5.15. The van der Waals surface area contributed by atoms with Crippen molar-refractivity contribution in [2.75, 3.05) is 18.6 Å². The van der Waals surface area contributed by atoms with Gasteiger partial charge in [-0.2, -0.15) is 0 Å². The highest BCUT2D eigenvalue weighted by Gasteiger charge is 2.39. The Kier molecular flexibility index (Phi) is 5.66. The summed E-state index contributed by atoms with van der Waals surface area (Å²) in [6.07, 6.45) is 2.34. The van der Waals surface area contributed by atoms with Crippen molar-refractivity contribution in [1.29, 1.82) is 0 Å². The minimum Gasteiger partial charge on any atom is -0.497 e. The third kappa shape index (κ3) is 3.75. The Hall–Kier alpha value is -2.99. The zero-order valence-electron chi connectivity index (χ0n) is 15.2. The molecule has 6 heteroatoms. The molecule has 27 heavy (non-hydrogen) atoms. The molecule has 1 aliphatic rings. The summed E-state index contributed by atoms with van der Waals surface area (Å²) in [5.41, 5.74) is 1.47. The van der Waals surface area contributed by atoms with Gasteiger partial charge in [0.05, 0.1) is 12.8 Å². The SMILES string of the molecule is CCCN1C(=O)/C(=C\c2ccc(OC)cc2)C(=O)N(c2ccccc2)C1=S. The summed E-state index contributed by atoms with van der Waals surface area (Å²) in [7, 11) is 1.59. The van der Waals surface area contributed by atoms with Gasteiger partial charge in [-0.25, -0.2) is 0 Å². The predicted octanol–water partition coefficient (Wildman–Crippen LogP) is 3.65. The lowest BCUT2D eigenvalue weighted by Crippen LogP contribution is -2.56. The number of carbonyl (C=O) groups excluding carboxylic acids is 2. The fourth-order valence-corrected chi connectivity index (χ4v) is 3.23. The van der Waals surface area contributed by atoms with Gasteiger partial charge in [0.1, 0.15) is 11.3 Å². The maximum absolute atomic E-state index is 13.1. The number of amides is 2. The van der Waals surface area contributed by atoms with Crippen LogP contribution in [-0.4, -0.2) is 35.5 Å². The summed E-state index contributed by atoms with van der Waals surface area (Å²) in [5, 5.41) is 0.213. The average molecular weight is 380 g/mol. The van der Waals surface area contributed by atoms with E-state index in [4.69, 9.17) is 17.0 Å². The molecule has 1 heterocycles. The lowest BCUT2D eigenvalue weighted by Gasteiger charge is -2.36. The van der Waals surface area contributed by atoms with Gasteiger partial charge in [-0.1, -0.05) is 37.3 Å². The van der Waals surface area contributed by atoms with Gasteiger partial charge in [-0.15, -0.1) is 0 Å². The molecule has 0 unspecified atom stereocenters. The van der Waals surface area contributed by atoms with Crippen LogP contribution in [0.4, 0.5) is 5.69 Å². The molecule has 1 aliphatic heterocycles. The number of anilines is 1. The number of hydrogen-bond acceptors (Lipinski definition) is 4. The first-order chi connectivity index (χ1) is 13.1. The van der Waals surface area contributed by atoms with Crippen molar-refractivity contribution >= 4 is 40.9 Å². The molecule has 0 spiro atoms. The van der Waals surface area contributed by atoms with Crippen molar-refractivity contribution in [1.82, 2.24) is 4.90 Å². The van der Waals surface area contributed by atoms with E-state index < -0.39 is 5.91 Å². The number of carbonyl (C=O) groups is 2. The first-order valence-corrected chi connectivity index (χ1v) is 9.08. The van der Waals surface area contributed by atoms with Crippen molar-refractivity contribution in [2.24, 2.45) is 0 Å². The number of hydrogen-bond donors (Lipinski definition) is 0. The molecule has 5 nitrogen and oxygen atoms in total. The van der Waals surface area contributed by atoms with E-state index in [0.717, 1.165) is 12.0 Å². The Morgan fingerprint density at radius 2 is 1.67 bits per heavy atom. The Morgan fingerprint density at radius 1 is 1.00 bits per heavy atom. The third-order valence-corrected chi connectivity index (χ3v) is 4.62. The van der Waals surface area contributed by atoms with Crippen molar-refractivity contribution in [3.63, 3.8) is 0 Å². The standard InChI is InChI=1S/C21H20N2O3S/c1-3-13-22-19(24)18(14-15-9-11-17(26-2)12-10-15)20(25)23(21(22)27)16-7-5-4-6-8-16/h4-12,14H,3,13H2,1-2H3/b18-14+. The lowest BCUT2D eigenvalue weighted by atomic mass is 10.1. The number of ether oxygens (including phenoxy) is 1. The van der Waals surface area contributed by atoms with Gasteiger partial charge >= 0.3 is 0 Å². The first kappa shape index (κ1) is 18.8. The summed E-state index contributed by atoms with van der Waals surface area (Å²) in [6, 6.07) is 16.3. The molecule has 0 atom stereocenters. The summed E-state index contributed by atoms with van der Waals surface area (Å²) in [6.45, 7) is 2.42. The number of para-hydroxylation sites is 1. The number of nitrogens with zero attached hydrogens (tertiary/aromatic N) is 2. The minimum atomic E-state index is -0.417. The van der Waals surface area contributed by atoms with Gasteiger partial charge in [0, 0.05) is 6.54 Å². The molecule has 2 aromatic rings. The highest BCUT2D eigenvalue weighted by Crippen LogP contribution is 2.26. The minimum absolute atomic E-state index is 0.0890. The molecule has 2 amide bonds. The second kappa shape index (κ2) is 8.14. The van der Waals surface area contributed by atoms with Crippen LogP contribution in [0.1, 0.15) is 18.9 Å². The molecular weight excluding hydrogens is 360 g/mol. The van der Waals surface area contributed by atoms with Crippen molar-refractivity contribution in [3.8, 4) is 5.75 Å². The zero-order chi connectivity index (χ0) is 19.4. The molecule has 1 fully saturated rings. The highest BCUT2D eigenvalue weighted by atomic mass is 32.1. The molecule has 0 saturated carbocycles. The maximum Gasteiger partial charge on any atom is 0.270 e. The van der Waals surface area contributed by atoms with Crippen LogP contribution >= 0.6 is 12.2 Å². The van der Waals surface area contributed by atoms with Crippen molar-refractivity contribution < 1.29 is 14.3 Å². The van der Waals surface area contributed by atoms with Gasteiger partial charge in [-0.3, -0.25) is 19.4 Å². The molecule has 0 aliphatic carbocycles. The number of methoxy groups -OCH3 is 1. The quantitative estimate of drug-likeness (QED) is 0.451. The van der Waals surface area contributed by atoms with E-state index >= 15 is 0 Å². The fraction of sp³-hybridized carbons (Fsp3) is 0.190. The van der Waals surface area contributed by atoms with E-state index in [9.17, 15) is 9.59 Å². The highest BCUT2D eigenvalue weighted by molar-refractivity contribution is 7.80. The van der Waals surface area contributed by atoms with Gasteiger partial charge in [-0.05, 0) is 54.5 Å². The summed E-state index contributed by atoms with van der Waals surface area (Å²) >= 11 is 5.47. The largest absolute Gasteiger partial charge is 0.497 e. The second-order valence-corrected chi connectivity index (χ2v) is 6.41. The van der Waals surface area contributed by atoms with Gasteiger partial charge < -0.3 is 4.74 Å². The van der Waals surface area contributed by atoms with E-state index in [1.165, 1.54) is 9.80 Å². The Morgan fingerprint density at radius 3 is 2.26 bits per heavy atom. The van der Waals surface area contributed by atoms with Gasteiger partial charge in [0.15, 0.2) is 5.11 Å². The molecule has 0 aromatic heterocycles. The third-order valence-electron chi connectivity index (χ3n) is 4.22. The van der Waals surface area contributed by atoms with E-state index in [1.54, 1.807) is 49.6 Å². The Labute approximate surface area is 163 Å². The summed E-state index contributed by atoms with van der Waals surface area (Å²) in [5.74, 6) is -0.0765. The van der Waals surface area contributed by atoms with E-state index in [0.29, 0.717) is 18.0 Å². The maximum atomic E-state index is 13.1. The normalized spacial score (nSPS) is 16.2. The van der Waals surface area contributed by atoms with Crippen molar-refractivity contribution in [2.45, 2.75) is 13.3 Å². The zero-order valence-corrected chi connectivity index (χ0v) is 16.0. The number of rotatable bonds is 5. The first-order valence-electron chi connectivity index (χ1n) is 8.68. The molecule has 138 valence electrons. The molecule has 1 saturated heterocycles.